The number of amides is 1. The molecular formula is C28H26FN3O2S2. The summed E-state index contributed by atoms with van der Waals surface area (Å²) in [6, 6.07) is 21.3. The lowest BCUT2D eigenvalue weighted by atomic mass is 10.1. The van der Waals surface area contributed by atoms with E-state index in [0.717, 1.165) is 44.0 Å². The standard InChI is InChI=1S/C28H26FN3O2S2/c1-30-13-15-31(16-14-30)19-21-3-2-4-23(17-21)32-27(33)26(36-28(32)35)18-20-5-9-24(10-6-20)34-25-11-7-22(29)8-12-25/h2-12,17-18H,13-16,19H2,1H3. The third kappa shape index (κ3) is 5.84. The molecule has 2 aliphatic heterocycles. The molecule has 8 heteroatoms. The van der Waals surface area contributed by atoms with Crippen molar-refractivity contribution in [2.24, 2.45) is 0 Å². The highest BCUT2D eigenvalue weighted by molar-refractivity contribution is 8.27. The molecule has 0 N–H and O–H groups in total. The number of halogens is 1. The van der Waals surface area contributed by atoms with E-state index in [1.807, 2.05) is 42.5 Å². The zero-order valence-corrected chi connectivity index (χ0v) is 21.5. The predicted molar refractivity (Wildman–Crippen MR) is 148 cm³/mol. The minimum Gasteiger partial charge on any atom is -0.457 e. The van der Waals surface area contributed by atoms with Crippen LogP contribution in [0.3, 0.4) is 0 Å². The number of thiocarbonyl (C=S) groups is 1. The van der Waals surface area contributed by atoms with E-state index in [2.05, 4.69) is 29.0 Å². The van der Waals surface area contributed by atoms with Crippen LogP contribution in [0.15, 0.2) is 77.7 Å². The molecule has 2 aliphatic rings. The van der Waals surface area contributed by atoms with Gasteiger partial charge in [-0.25, -0.2) is 4.39 Å². The second-order valence-electron chi connectivity index (χ2n) is 8.89. The van der Waals surface area contributed by atoms with Gasteiger partial charge in [0.15, 0.2) is 4.32 Å². The summed E-state index contributed by atoms with van der Waals surface area (Å²) in [5.74, 6) is 0.758. The highest BCUT2D eigenvalue weighted by atomic mass is 32.2. The minimum atomic E-state index is -0.309. The lowest BCUT2D eigenvalue weighted by Crippen LogP contribution is -2.43. The number of carbonyl (C=O) groups is 1. The summed E-state index contributed by atoms with van der Waals surface area (Å²) in [4.78, 5) is 20.2. The molecule has 3 aromatic carbocycles. The highest BCUT2D eigenvalue weighted by Crippen LogP contribution is 2.36. The second kappa shape index (κ2) is 10.9. The predicted octanol–water partition coefficient (Wildman–Crippen LogP) is 5.77. The largest absolute Gasteiger partial charge is 0.457 e. The first-order valence-electron chi connectivity index (χ1n) is 11.8. The topological polar surface area (TPSA) is 36.0 Å². The van der Waals surface area contributed by atoms with E-state index in [4.69, 9.17) is 17.0 Å². The molecule has 5 rings (SSSR count). The van der Waals surface area contributed by atoms with Crippen LogP contribution in [0.2, 0.25) is 0 Å². The van der Waals surface area contributed by atoms with Crippen molar-refractivity contribution >= 4 is 46.0 Å². The summed E-state index contributed by atoms with van der Waals surface area (Å²) < 4.78 is 19.4. The summed E-state index contributed by atoms with van der Waals surface area (Å²) in [6.07, 6.45) is 1.84. The number of rotatable bonds is 6. The Labute approximate surface area is 220 Å². The average Bonchev–Trinajstić information content (AvgIpc) is 3.16. The number of piperazine rings is 1. The number of hydrogen-bond donors (Lipinski definition) is 0. The van der Waals surface area contributed by atoms with Crippen molar-refractivity contribution in [3.8, 4) is 11.5 Å². The first-order valence-corrected chi connectivity index (χ1v) is 13.0. The van der Waals surface area contributed by atoms with Gasteiger partial charge in [-0.15, -0.1) is 0 Å². The molecule has 0 spiro atoms. The van der Waals surface area contributed by atoms with Crippen LogP contribution >= 0.6 is 24.0 Å². The smallest absolute Gasteiger partial charge is 0.270 e. The van der Waals surface area contributed by atoms with Gasteiger partial charge in [-0.1, -0.05) is 48.2 Å². The van der Waals surface area contributed by atoms with Gasteiger partial charge in [-0.2, -0.15) is 0 Å². The molecule has 0 aromatic heterocycles. The molecule has 184 valence electrons. The van der Waals surface area contributed by atoms with Gasteiger partial charge in [0, 0.05) is 32.7 Å². The van der Waals surface area contributed by atoms with Crippen LogP contribution in [0.5, 0.6) is 11.5 Å². The fraction of sp³-hybridized carbons (Fsp3) is 0.214. The Balaban J connectivity index is 1.27. The Kier molecular flexibility index (Phi) is 7.48. The number of anilines is 1. The monoisotopic (exact) mass is 519 g/mol. The van der Waals surface area contributed by atoms with E-state index < -0.39 is 0 Å². The van der Waals surface area contributed by atoms with Crippen LogP contribution in [-0.2, 0) is 11.3 Å². The van der Waals surface area contributed by atoms with Crippen molar-refractivity contribution in [1.82, 2.24) is 9.80 Å². The fourth-order valence-electron chi connectivity index (χ4n) is 4.17. The quantitative estimate of drug-likeness (QED) is 0.304. The Morgan fingerprint density at radius 3 is 2.33 bits per heavy atom. The molecular weight excluding hydrogens is 493 g/mol. The van der Waals surface area contributed by atoms with Crippen LogP contribution in [0.25, 0.3) is 6.08 Å². The maximum Gasteiger partial charge on any atom is 0.270 e. The first kappa shape index (κ1) is 24.6. The summed E-state index contributed by atoms with van der Waals surface area (Å²) in [5, 5.41) is 0. The number of thioether (sulfide) groups is 1. The first-order chi connectivity index (χ1) is 17.4. The molecule has 0 atom stereocenters. The van der Waals surface area contributed by atoms with E-state index in [-0.39, 0.29) is 11.7 Å². The Morgan fingerprint density at radius 2 is 1.64 bits per heavy atom. The summed E-state index contributed by atoms with van der Waals surface area (Å²) in [6.45, 7) is 5.08. The number of benzene rings is 3. The Hall–Kier alpha value is -3.04. The number of ether oxygens (including phenoxy) is 1. The molecule has 5 nitrogen and oxygen atoms in total. The van der Waals surface area contributed by atoms with Crippen LogP contribution in [-0.4, -0.2) is 53.3 Å². The van der Waals surface area contributed by atoms with Crippen molar-refractivity contribution in [1.29, 1.82) is 0 Å². The SMILES string of the molecule is CN1CCN(Cc2cccc(N3C(=O)C(=Cc4ccc(Oc5ccc(F)cc5)cc4)SC3=S)c2)CC1. The molecule has 2 fully saturated rings. The van der Waals surface area contributed by atoms with E-state index in [1.165, 1.54) is 29.5 Å². The number of likely N-dealkylation sites (N-methyl/N-ethyl adjacent to an activating group) is 1. The third-order valence-corrected chi connectivity index (χ3v) is 7.49. The van der Waals surface area contributed by atoms with Gasteiger partial charge in [0.2, 0.25) is 0 Å². The zero-order chi connectivity index (χ0) is 25.1. The maximum absolute atomic E-state index is 13.3. The van der Waals surface area contributed by atoms with Gasteiger partial charge in [0.05, 0.1) is 10.6 Å². The molecule has 0 saturated carbocycles. The van der Waals surface area contributed by atoms with Crippen LogP contribution < -0.4 is 9.64 Å². The Bertz CT molecular complexity index is 1290. The Morgan fingerprint density at radius 1 is 0.972 bits per heavy atom. The number of nitrogens with zero attached hydrogens (tertiary/aromatic N) is 3. The lowest BCUT2D eigenvalue weighted by Gasteiger charge is -2.32. The van der Waals surface area contributed by atoms with Gasteiger partial charge in [0.1, 0.15) is 17.3 Å². The molecule has 3 aromatic rings. The molecule has 2 heterocycles. The van der Waals surface area contributed by atoms with Crippen molar-refractivity contribution in [3.05, 3.63) is 94.6 Å². The zero-order valence-electron chi connectivity index (χ0n) is 19.9. The normalized spacial score (nSPS) is 18.3. The number of hydrogen-bond acceptors (Lipinski definition) is 6. The van der Waals surface area contributed by atoms with Crippen molar-refractivity contribution in [3.63, 3.8) is 0 Å². The third-order valence-electron chi connectivity index (χ3n) is 6.19. The summed E-state index contributed by atoms with van der Waals surface area (Å²) in [5.41, 5.74) is 2.84. The molecule has 0 unspecified atom stereocenters. The van der Waals surface area contributed by atoms with Crippen molar-refractivity contribution in [2.45, 2.75) is 6.54 Å². The molecule has 0 aliphatic carbocycles. The molecule has 0 radical (unpaired) electrons. The summed E-state index contributed by atoms with van der Waals surface area (Å²) >= 11 is 6.89. The number of carbonyl (C=O) groups excluding carboxylic acids is 1. The fourth-order valence-corrected chi connectivity index (χ4v) is 5.47. The van der Waals surface area contributed by atoms with Gasteiger partial charge in [-0.05, 0) is 72.8 Å². The maximum atomic E-state index is 13.3. The van der Waals surface area contributed by atoms with Gasteiger partial charge in [0.25, 0.3) is 5.91 Å². The van der Waals surface area contributed by atoms with Gasteiger partial charge in [-0.3, -0.25) is 14.6 Å². The molecule has 0 bridgehead atoms. The highest BCUT2D eigenvalue weighted by Gasteiger charge is 2.33. The van der Waals surface area contributed by atoms with Crippen LogP contribution in [0, 0.1) is 5.82 Å². The van der Waals surface area contributed by atoms with E-state index in [1.54, 1.807) is 17.0 Å². The minimum absolute atomic E-state index is 0.117. The summed E-state index contributed by atoms with van der Waals surface area (Å²) in [7, 11) is 2.15. The van der Waals surface area contributed by atoms with Crippen LogP contribution in [0.1, 0.15) is 11.1 Å². The lowest BCUT2D eigenvalue weighted by molar-refractivity contribution is -0.113. The van der Waals surface area contributed by atoms with E-state index >= 15 is 0 Å². The van der Waals surface area contributed by atoms with Crippen molar-refractivity contribution < 1.29 is 13.9 Å². The average molecular weight is 520 g/mol. The van der Waals surface area contributed by atoms with E-state index in [9.17, 15) is 9.18 Å². The molecule has 1 amide bonds. The van der Waals surface area contributed by atoms with Gasteiger partial charge >= 0.3 is 0 Å². The molecule has 36 heavy (non-hydrogen) atoms. The second-order valence-corrected chi connectivity index (χ2v) is 10.6. The van der Waals surface area contributed by atoms with Crippen LogP contribution in [0.4, 0.5) is 10.1 Å². The molecule has 2 saturated heterocycles. The van der Waals surface area contributed by atoms with Crippen molar-refractivity contribution in [2.75, 3.05) is 38.1 Å². The van der Waals surface area contributed by atoms with Gasteiger partial charge < -0.3 is 9.64 Å². The van der Waals surface area contributed by atoms with E-state index in [0.29, 0.717) is 20.7 Å².